The van der Waals surface area contributed by atoms with E-state index in [-0.39, 0.29) is 12.3 Å². The van der Waals surface area contributed by atoms with Gasteiger partial charge in [0.05, 0.1) is 6.20 Å². The van der Waals surface area contributed by atoms with E-state index < -0.39 is 5.97 Å². The van der Waals surface area contributed by atoms with Crippen molar-refractivity contribution < 1.29 is 14.6 Å². The van der Waals surface area contributed by atoms with Gasteiger partial charge < -0.3 is 9.84 Å². The van der Waals surface area contributed by atoms with E-state index in [0.29, 0.717) is 21.4 Å². The molecule has 0 saturated heterocycles. The van der Waals surface area contributed by atoms with Crippen LogP contribution in [0.25, 0.3) is 0 Å². The summed E-state index contributed by atoms with van der Waals surface area (Å²) in [5.41, 5.74) is 0.635. The molecule has 1 heterocycles. The Morgan fingerprint density at radius 1 is 1.21 bits per heavy atom. The first kappa shape index (κ1) is 13.6. The van der Waals surface area contributed by atoms with Crippen molar-refractivity contribution in [3.05, 3.63) is 57.8 Å². The summed E-state index contributed by atoms with van der Waals surface area (Å²) in [4.78, 5) is 14.4. The number of carboxylic acids is 1. The third kappa shape index (κ3) is 3.36. The summed E-state index contributed by atoms with van der Waals surface area (Å²) >= 11 is 12.0. The van der Waals surface area contributed by atoms with Crippen LogP contribution >= 0.6 is 23.2 Å². The standard InChI is InChI=1S/C13H9Cl2NO3/c14-10-2-1-3-11(15)9(10)7-19-8-4-5-12(13(17)18)16-6-8/h1-6H,7H2,(H,17,18). The van der Waals surface area contributed by atoms with Gasteiger partial charge in [-0.2, -0.15) is 0 Å². The van der Waals surface area contributed by atoms with Crippen LogP contribution in [-0.2, 0) is 6.61 Å². The molecule has 0 aliphatic heterocycles. The largest absolute Gasteiger partial charge is 0.487 e. The Morgan fingerprint density at radius 3 is 2.42 bits per heavy atom. The van der Waals surface area contributed by atoms with Crippen molar-refractivity contribution in [3.8, 4) is 5.75 Å². The highest BCUT2D eigenvalue weighted by Crippen LogP contribution is 2.25. The molecule has 1 N–H and O–H groups in total. The van der Waals surface area contributed by atoms with E-state index in [9.17, 15) is 4.79 Å². The molecule has 0 unspecified atom stereocenters. The number of carbonyl (C=O) groups is 1. The highest BCUT2D eigenvalue weighted by atomic mass is 35.5. The number of benzene rings is 1. The molecule has 0 spiro atoms. The first-order valence-electron chi connectivity index (χ1n) is 5.33. The molecular formula is C13H9Cl2NO3. The molecule has 0 fully saturated rings. The van der Waals surface area contributed by atoms with Gasteiger partial charge in [0.25, 0.3) is 0 Å². The molecule has 0 aliphatic carbocycles. The van der Waals surface area contributed by atoms with Crippen LogP contribution < -0.4 is 4.74 Å². The lowest BCUT2D eigenvalue weighted by Crippen LogP contribution is -2.01. The van der Waals surface area contributed by atoms with Gasteiger partial charge in [0.2, 0.25) is 0 Å². The molecule has 6 heteroatoms. The molecule has 2 rings (SSSR count). The van der Waals surface area contributed by atoms with Gasteiger partial charge >= 0.3 is 5.97 Å². The van der Waals surface area contributed by atoms with Crippen LogP contribution in [0.15, 0.2) is 36.5 Å². The summed E-state index contributed by atoms with van der Waals surface area (Å²) in [7, 11) is 0. The Kier molecular flexibility index (Phi) is 4.24. The molecule has 98 valence electrons. The van der Waals surface area contributed by atoms with Gasteiger partial charge in [-0.05, 0) is 24.3 Å². The second-order valence-electron chi connectivity index (χ2n) is 3.67. The zero-order valence-corrected chi connectivity index (χ0v) is 11.1. The normalized spacial score (nSPS) is 10.2. The van der Waals surface area contributed by atoms with Crippen molar-refractivity contribution in [2.45, 2.75) is 6.61 Å². The second kappa shape index (κ2) is 5.91. The molecule has 0 aliphatic rings. The Bertz CT molecular complexity index is 579. The summed E-state index contributed by atoms with van der Waals surface area (Å²) in [6.45, 7) is 0.187. The van der Waals surface area contributed by atoms with E-state index in [4.69, 9.17) is 33.0 Å². The fourth-order valence-corrected chi connectivity index (χ4v) is 1.92. The van der Waals surface area contributed by atoms with E-state index in [1.807, 2.05) is 0 Å². The predicted molar refractivity (Wildman–Crippen MR) is 72.0 cm³/mol. The van der Waals surface area contributed by atoms with Crippen LogP contribution in [0, 0.1) is 0 Å². The summed E-state index contributed by atoms with van der Waals surface area (Å²) in [5.74, 6) is -0.637. The van der Waals surface area contributed by atoms with Crippen LogP contribution in [0.4, 0.5) is 0 Å². The lowest BCUT2D eigenvalue weighted by Gasteiger charge is -2.09. The Hall–Kier alpha value is -1.78. The third-order valence-electron chi connectivity index (χ3n) is 2.40. The smallest absolute Gasteiger partial charge is 0.354 e. The highest BCUT2D eigenvalue weighted by Gasteiger charge is 2.07. The molecule has 0 saturated carbocycles. The number of hydrogen-bond acceptors (Lipinski definition) is 3. The van der Waals surface area contributed by atoms with Gasteiger partial charge in [0.15, 0.2) is 0 Å². The second-order valence-corrected chi connectivity index (χ2v) is 4.49. The Morgan fingerprint density at radius 2 is 1.89 bits per heavy atom. The molecule has 0 amide bonds. The van der Waals surface area contributed by atoms with E-state index >= 15 is 0 Å². The van der Waals surface area contributed by atoms with Crippen molar-refractivity contribution >= 4 is 29.2 Å². The quantitative estimate of drug-likeness (QED) is 0.935. The molecule has 4 nitrogen and oxygen atoms in total. The molecule has 2 aromatic rings. The first-order valence-corrected chi connectivity index (χ1v) is 6.08. The number of carboxylic acid groups (broad SMARTS) is 1. The Balaban J connectivity index is 2.08. The average Bonchev–Trinajstić information content (AvgIpc) is 2.38. The van der Waals surface area contributed by atoms with Crippen LogP contribution in [-0.4, -0.2) is 16.1 Å². The fraction of sp³-hybridized carbons (Fsp3) is 0.0769. The molecular weight excluding hydrogens is 289 g/mol. The van der Waals surface area contributed by atoms with Crippen LogP contribution in [0.2, 0.25) is 10.0 Å². The number of aromatic nitrogens is 1. The predicted octanol–water partition coefficient (Wildman–Crippen LogP) is 3.67. The lowest BCUT2D eigenvalue weighted by atomic mass is 10.2. The van der Waals surface area contributed by atoms with Gasteiger partial charge in [0.1, 0.15) is 18.1 Å². The maximum Gasteiger partial charge on any atom is 0.354 e. The van der Waals surface area contributed by atoms with Gasteiger partial charge in [-0.3, -0.25) is 0 Å². The van der Waals surface area contributed by atoms with E-state index in [1.54, 1.807) is 18.2 Å². The third-order valence-corrected chi connectivity index (χ3v) is 3.11. The molecule has 19 heavy (non-hydrogen) atoms. The van der Waals surface area contributed by atoms with Crippen molar-refractivity contribution in [2.24, 2.45) is 0 Å². The van der Waals surface area contributed by atoms with Crippen molar-refractivity contribution in [1.82, 2.24) is 4.98 Å². The van der Waals surface area contributed by atoms with Gasteiger partial charge in [-0.15, -0.1) is 0 Å². The number of halogens is 2. The number of pyridine rings is 1. The summed E-state index contributed by atoms with van der Waals surface area (Å²) < 4.78 is 5.46. The van der Waals surface area contributed by atoms with E-state index in [2.05, 4.69) is 4.98 Å². The molecule has 0 radical (unpaired) electrons. The topological polar surface area (TPSA) is 59.4 Å². The number of rotatable bonds is 4. The maximum absolute atomic E-state index is 10.6. The van der Waals surface area contributed by atoms with Crippen LogP contribution in [0.5, 0.6) is 5.75 Å². The number of ether oxygens (including phenoxy) is 1. The maximum atomic E-state index is 10.6. The average molecular weight is 298 g/mol. The SMILES string of the molecule is O=C(O)c1ccc(OCc2c(Cl)cccc2Cl)cn1. The molecule has 1 aromatic carbocycles. The minimum Gasteiger partial charge on any atom is -0.487 e. The number of hydrogen-bond donors (Lipinski definition) is 1. The minimum atomic E-state index is -1.08. The highest BCUT2D eigenvalue weighted by molar-refractivity contribution is 6.35. The molecule has 0 atom stereocenters. The summed E-state index contributed by atoms with van der Waals surface area (Å²) in [6.07, 6.45) is 1.34. The zero-order chi connectivity index (χ0) is 13.8. The number of aromatic carboxylic acids is 1. The monoisotopic (exact) mass is 297 g/mol. The minimum absolute atomic E-state index is 0.0388. The van der Waals surface area contributed by atoms with Gasteiger partial charge in [0, 0.05) is 15.6 Å². The van der Waals surface area contributed by atoms with Gasteiger partial charge in [-0.1, -0.05) is 29.3 Å². The fourth-order valence-electron chi connectivity index (χ4n) is 1.42. The van der Waals surface area contributed by atoms with Crippen LogP contribution in [0.3, 0.4) is 0 Å². The zero-order valence-electron chi connectivity index (χ0n) is 9.64. The molecule has 1 aromatic heterocycles. The van der Waals surface area contributed by atoms with Crippen LogP contribution in [0.1, 0.15) is 16.1 Å². The Labute approximate surface area is 119 Å². The molecule has 0 bridgehead atoms. The van der Waals surface area contributed by atoms with Crippen molar-refractivity contribution in [1.29, 1.82) is 0 Å². The first-order chi connectivity index (χ1) is 9.08. The summed E-state index contributed by atoms with van der Waals surface area (Å²) in [6, 6.07) is 8.08. The van der Waals surface area contributed by atoms with Crippen molar-refractivity contribution in [2.75, 3.05) is 0 Å². The number of nitrogens with zero attached hydrogens (tertiary/aromatic N) is 1. The summed E-state index contributed by atoms with van der Waals surface area (Å²) in [5, 5.41) is 9.75. The van der Waals surface area contributed by atoms with E-state index in [0.717, 1.165) is 0 Å². The van der Waals surface area contributed by atoms with E-state index in [1.165, 1.54) is 18.3 Å². The van der Waals surface area contributed by atoms with Crippen molar-refractivity contribution in [3.63, 3.8) is 0 Å². The lowest BCUT2D eigenvalue weighted by molar-refractivity contribution is 0.0690. The van der Waals surface area contributed by atoms with Gasteiger partial charge in [-0.25, -0.2) is 9.78 Å².